The maximum Gasteiger partial charge on any atom is 0.131 e. The van der Waals surface area contributed by atoms with Crippen molar-refractivity contribution in [3.05, 3.63) is 56.8 Å². The molecule has 0 nitrogen and oxygen atoms in total. The summed E-state index contributed by atoms with van der Waals surface area (Å²) < 4.78 is 26.8. The molecule has 0 aliphatic heterocycles. The van der Waals surface area contributed by atoms with Crippen molar-refractivity contribution in [3.8, 4) is 0 Å². The molecule has 0 N–H and O–H groups in total. The van der Waals surface area contributed by atoms with E-state index in [2.05, 4.69) is 6.07 Å². The summed E-state index contributed by atoms with van der Waals surface area (Å²) in [4.78, 5) is 2.34. The number of halogens is 3. The van der Waals surface area contributed by atoms with Gasteiger partial charge in [0, 0.05) is 21.4 Å². The van der Waals surface area contributed by atoms with E-state index in [-0.39, 0.29) is 0 Å². The van der Waals surface area contributed by atoms with Crippen LogP contribution in [0.4, 0.5) is 8.78 Å². The highest BCUT2D eigenvalue weighted by Crippen LogP contribution is 2.38. The highest BCUT2D eigenvalue weighted by Gasteiger charge is 2.20. The zero-order chi connectivity index (χ0) is 14.1. The van der Waals surface area contributed by atoms with Crippen LogP contribution in [0.1, 0.15) is 45.5 Å². The van der Waals surface area contributed by atoms with Crippen LogP contribution in [0.3, 0.4) is 0 Å². The molecule has 2 aromatic rings. The lowest BCUT2D eigenvalue weighted by molar-refractivity contribution is 0.574. The van der Waals surface area contributed by atoms with E-state index in [1.54, 1.807) is 11.3 Å². The highest BCUT2D eigenvalue weighted by molar-refractivity contribution is 7.12. The maximum atomic E-state index is 13.8. The van der Waals surface area contributed by atoms with Crippen molar-refractivity contribution in [3.63, 3.8) is 0 Å². The van der Waals surface area contributed by atoms with Crippen LogP contribution in [-0.2, 0) is 12.8 Å². The molecular formula is C16H15ClF2S. The lowest BCUT2D eigenvalue weighted by Gasteiger charge is -2.09. The molecule has 0 saturated carbocycles. The average molecular weight is 313 g/mol. The molecule has 0 saturated heterocycles. The molecule has 1 heterocycles. The molecule has 0 amide bonds. The molecule has 1 aromatic carbocycles. The summed E-state index contributed by atoms with van der Waals surface area (Å²) in [5.41, 5.74) is 1.71. The maximum absolute atomic E-state index is 13.8. The summed E-state index contributed by atoms with van der Waals surface area (Å²) in [6.45, 7) is 0. The molecule has 106 valence electrons. The Bertz CT molecular complexity index is 597. The van der Waals surface area contributed by atoms with Gasteiger partial charge in [0.2, 0.25) is 0 Å². The number of aryl methyl sites for hydroxylation is 2. The standard InChI is InChI=1S/C16H15ClF2S/c17-16(12-7-6-11(18)9-13(12)19)15-8-10-4-2-1-3-5-14(10)20-15/h6-9,16H,1-5H2. The number of alkyl halides is 1. The summed E-state index contributed by atoms with van der Waals surface area (Å²) in [7, 11) is 0. The van der Waals surface area contributed by atoms with Crippen molar-refractivity contribution in [2.75, 3.05) is 0 Å². The van der Waals surface area contributed by atoms with Crippen molar-refractivity contribution in [1.29, 1.82) is 0 Å². The summed E-state index contributed by atoms with van der Waals surface area (Å²) in [5, 5.41) is -0.535. The van der Waals surface area contributed by atoms with Crippen molar-refractivity contribution in [2.45, 2.75) is 37.5 Å². The third-order valence-electron chi connectivity index (χ3n) is 3.75. The zero-order valence-electron chi connectivity index (χ0n) is 11.0. The van der Waals surface area contributed by atoms with Gasteiger partial charge in [-0.25, -0.2) is 8.78 Å². The molecule has 0 radical (unpaired) electrons. The molecular weight excluding hydrogens is 298 g/mol. The van der Waals surface area contributed by atoms with Crippen LogP contribution in [0.15, 0.2) is 24.3 Å². The van der Waals surface area contributed by atoms with Crippen LogP contribution in [-0.4, -0.2) is 0 Å². The molecule has 0 bridgehead atoms. The van der Waals surface area contributed by atoms with E-state index in [0.717, 1.165) is 23.8 Å². The number of benzene rings is 1. The number of hydrogen-bond acceptors (Lipinski definition) is 1. The van der Waals surface area contributed by atoms with Gasteiger partial charge in [0.1, 0.15) is 11.6 Å². The Balaban J connectivity index is 1.92. The SMILES string of the molecule is Fc1ccc(C(Cl)c2cc3c(s2)CCCCC3)c(F)c1. The quantitative estimate of drug-likeness (QED) is 0.498. The normalized spacial score (nSPS) is 16.6. The van der Waals surface area contributed by atoms with E-state index in [4.69, 9.17) is 11.6 Å². The monoisotopic (exact) mass is 312 g/mol. The van der Waals surface area contributed by atoms with Gasteiger partial charge in [-0.3, -0.25) is 0 Å². The number of hydrogen-bond donors (Lipinski definition) is 0. The Labute approximate surface area is 126 Å². The minimum absolute atomic E-state index is 0.351. The molecule has 1 aromatic heterocycles. The van der Waals surface area contributed by atoms with Crippen LogP contribution < -0.4 is 0 Å². The first-order valence-corrected chi connectivity index (χ1v) is 8.11. The van der Waals surface area contributed by atoms with E-state index in [0.29, 0.717) is 5.56 Å². The topological polar surface area (TPSA) is 0 Å². The van der Waals surface area contributed by atoms with E-state index in [9.17, 15) is 8.78 Å². The summed E-state index contributed by atoms with van der Waals surface area (Å²) in [5.74, 6) is -1.15. The minimum Gasteiger partial charge on any atom is -0.207 e. The Hall–Kier alpha value is -0.930. The summed E-state index contributed by atoms with van der Waals surface area (Å²) >= 11 is 8.07. The third kappa shape index (κ3) is 2.75. The lowest BCUT2D eigenvalue weighted by Crippen LogP contribution is -1.95. The smallest absolute Gasteiger partial charge is 0.131 e. The van der Waals surface area contributed by atoms with Gasteiger partial charge in [0.05, 0.1) is 5.38 Å². The van der Waals surface area contributed by atoms with Gasteiger partial charge in [0.15, 0.2) is 0 Å². The summed E-state index contributed by atoms with van der Waals surface area (Å²) in [6.07, 6.45) is 5.87. The molecule has 1 aliphatic rings. The third-order valence-corrected chi connectivity index (χ3v) is 5.65. The fourth-order valence-electron chi connectivity index (χ4n) is 2.68. The van der Waals surface area contributed by atoms with Gasteiger partial charge in [-0.15, -0.1) is 22.9 Å². The van der Waals surface area contributed by atoms with Crippen LogP contribution in [0, 0.1) is 11.6 Å². The van der Waals surface area contributed by atoms with Crippen molar-refractivity contribution in [1.82, 2.24) is 0 Å². The second-order valence-corrected chi connectivity index (χ2v) is 6.79. The van der Waals surface area contributed by atoms with E-state index in [1.165, 1.54) is 41.8 Å². The molecule has 20 heavy (non-hydrogen) atoms. The van der Waals surface area contributed by atoms with E-state index in [1.807, 2.05) is 0 Å². The number of fused-ring (bicyclic) bond motifs is 1. The number of thiophene rings is 1. The molecule has 0 fully saturated rings. The largest absolute Gasteiger partial charge is 0.207 e. The van der Waals surface area contributed by atoms with Crippen molar-refractivity contribution >= 4 is 22.9 Å². The van der Waals surface area contributed by atoms with Crippen LogP contribution in [0.2, 0.25) is 0 Å². The second kappa shape index (κ2) is 5.82. The minimum atomic E-state index is -0.575. The van der Waals surface area contributed by atoms with E-state index < -0.39 is 17.0 Å². The van der Waals surface area contributed by atoms with Crippen molar-refractivity contribution < 1.29 is 8.78 Å². The van der Waals surface area contributed by atoms with Crippen LogP contribution in [0.25, 0.3) is 0 Å². The molecule has 1 atom stereocenters. The predicted octanol–water partition coefficient (Wildman–Crippen LogP) is 5.62. The second-order valence-electron chi connectivity index (χ2n) is 5.19. The molecule has 3 rings (SSSR count). The lowest BCUT2D eigenvalue weighted by atomic mass is 10.1. The van der Waals surface area contributed by atoms with Crippen LogP contribution >= 0.6 is 22.9 Å². The molecule has 4 heteroatoms. The number of rotatable bonds is 2. The van der Waals surface area contributed by atoms with E-state index >= 15 is 0 Å². The molecule has 1 aliphatic carbocycles. The highest BCUT2D eigenvalue weighted by atomic mass is 35.5. The van der Waals surface area contributed by atoms with Gasteiger partial charge < -0.3 is 0 Å². The fourth-order valence-corrected chi connectivity index (χ4v) is 4.30. The first-order chi connectivity index (χ1) is 9.65. The Kier molecular flexibility index (Phi) is 4.08. The first kappa shape index (κ1) is 14.0. The van der Waals surface area contributed by atoms with Gasteiger partial charge >= 0.3 is 0 Å². The van der Waals surface area contributed by atoms with Gasteiger partial charge in [-0.2, -0.15) is 0 Å². The van der Waals surface area contributed by atoms with Gasteiger partial charge in [-0.05, 0) is 43.4 Å². The Morgan fingerprint density at radius 3 is 2.65 bits per heavy atom. The summed E-state index contributed by atoms with van der Waals surface area (Å²) in [6, 6.07) is 5.69. The Morgan fingerprint density at radius 1 is 1.05 bits per heavy atom. The van der Waals surface area contributed by atoms with Crippen LogP contribution in [0.5, 0.6) is 0 Å². The van der Waals surface area contributed by atoms with Gasteiger partial charge in [-0.1, -0.05) is 12.5 Å². The first-order valence-electron chi connectivity index (χ1n) is 6.85. The molecule has 1 unspecified atom stereocenters. The van der Waals surface area contributed by atoms with Crippen molar-refractivity contribution in [2.24, 2.45) is 0 Å². The zero-order valence-corrected chi connectivity index (χ0v) is 12.5. The fraction of sp³-hybridized carbons (Fsp3) is 0.375. The van der Waals surface area contributed by atoms with Gasteiger partial charge in [0.25, 0.3) is 0 Å². The molecule has 0 spiro atoms. The predicted molar refractivity (Wildman–Crippen MR) is 79.6 cm³/mol. The Morgan fingerprint density at radius 2 is 1.85 bits per heavy atom. The average Bonchev–Trinajstić information content (AvgIpc) is 2.69.